The summed E-state index contributed by atoms with van der Waals surface area (Å²) >= 11 is 0. The summed E-state index contributed by atoms with van der Waals surface area (Å²) in [6.45, 7) is 8.69. The zero-order valence-electron chi connectivity index (χ0n) is 24.5. The Balaban J connectivity index is 1.65. The number of hydrogen-bond donors (Lipinski definition) is 2. The first kappa shape index (κ1) is 30.7. The van der Waals surface area contributed by atoms with E-state index in [4.69, 9.17) is 9.47 Å². The van der Waals surface area contributed by atoms with Crippen LogP contribution in [0.15, 0.2) is 71.6 Å². The lowest BCUT2D eigenvalue weighted by Crippen LogP contribution is -2.42. The molecule has 1 aromatic heterocycles. The maximum Gasteiger partial charge on any atom is 0.322 e. The maximum atomic E-state index is 13.2. The molecule has 0 aliphatic carbocycles. The summed E-state index contributed by atoms with van der Waals surface area (Å²) in [7, 11) is -2.57. The molecule has 4 aromatic rings. The molecule has 0 radical (unpaired) electrons. The van der Waals surface area contributed by atoms with Crippen LogP contribution in [-0.2, 0) is 27.8 Å². The van der Waals surface area contributed by atoms with Gasteiger partial charge >= 0.3 is 5.97 Å². The summed E-state index contributed by atoms with van der Waals surface area (Å²) in [6, 6.07) is 18.5. The predicted octanol–water partition coefficient (Wildman–Crippen LogP) is 5.51. The third-order valence-electron chi connectivity index (χ3n) is 7.27. The number of carboxylic acid groups (broad SMARTS) is 1. The summed E-state index contributed by atoms with van der Waals surface area (Å²) in [5.41, 5.74) is 4.85. The number of ether oxygens (including phenoxy) is 2. The highest BCUT2D eigenvalue weighted by molar-refractivity contribution is 7.89. The number of sulfonamides is 1. The number of nitrogens with one attached hydrogen (secondary N) is 1. The van der Waals surface area contributed by atoms with Crippen LogP contribution in [0.1, 0.15) is 49.1 Å². The normalized spacial score (nSPS) is 12.1. The van der Waals surface area contributed by atoms with Gasteiger partial charge in [0.25, 0.3) is 0 Å². The lowest BCUT2D eigenvalue weighted by atomic mass is 10.0. The highest BCUT2D eigenvalue weighted by Gasteiger charge is 2.28. The number of rotatable bonds is 12. The standard InChI is InChI=1S/C33H36N2O6S/c1-6-7-18-41-26-12-15-28(16-13-26)42(38,39)34-31(33(36)37)20-29-23(4)35(32-17-14-27(40-5)19-30(29)32)21-24-8-10-25(11-9-24)22(2)3/h8-17,19,22,31,34H,18,20-21H2,1-5H3,(H,36,37)/t31-/m0/s1. The van der Waals surface area contributed by atoms with Crippen molar-refractivity contribution < 1.29 is 27.8 Å². The largest absolute Gasteiger partial charge is 0.497 e. The molecule has 0 bridgehead atoms. The van der Waals surface area contributed by atoms with Gasteiger partial charge in [0, 0.05) is 29.6 Å². The second-order valence-corrected chi connectivity index (χ2v) is 12.0. The highest BCUT2D eigenvalue weighted by atomic mass is 32.2. The molecule has 2 N–H and O–H groups in total. The Morgan fingerprint density at radius 1 is 1.02 bits per heavy atom. The molecule has 220 valence electrons. The molecule has 4 rings (SSSR count). The van der Waals surface area contributed by atoms with Crippen LogP contribution < -0.4 is 14.2 Å². The Hall–Kier alpha value is -4.26. The summed E-state index contributed by atoms with van der Waals surface area (Å²) < 4.78 is 41.9. The average molecular weight is 589 g/mol. The fraction of sp³-hybridized carbons (Fsp3) is 0.303. The number of hydrogen-bond acceptors (Lipinski definition) is 5. The number of aromatic nitrogens is 1. The van der Waals surface area contributed by atoms with Crippen LogP contribution in [-0.4, -0.2) is 43.8 Å². The molecular formula is C33H36N2O6S. The number of methoxy groups -OCH3 is 1. The zero-order chi connectivity index (χ0) is 30.4. The van der Waals surface area contributed by atoms with Crippen molar-refractivity contribution in [3.8, 4) is 23.3 Å². The second kappa shape index (κ2) is 13.1. The lowest BCUT2D eigenvalue weighted by Gasteiger charge is -2.16. The van der Waals surface area contributed by atoms with Gasteiger partial charge in [-0.1, -0.05) is 44.0 Å². The monoisotopic (exact) mass is 588 g/mol. The second-order valence-electron chi connectivity index (χ2n) is 10.3. The first-order valence-electron chi connectivity index (χ1n) is 13.7. The molecule has 3 aromatic carbocycles. The van der Waals surface area contributed by atoms with Crippen LogP contribution in [0, 0.1) is 18.8 Å². The van der Waals surface area contributed by atoms with Crippen molar-refractivity contribution in [1.82, 2.24) is 9.29 Å². The highest BCUT2D eigenvalue weighted by Crippen LogP contribution is 2.32. The molecule has 1 atom stereocenters. The van der Waals surface area contributed by atoms with Gasteiger partial charge in [-0.3, -0.25) is 4.79 Å². The predicted molar refractivity (Wildman–Crippen MR) is 164 cm³/mol. The van der Waals surface area contributed by atoms with E-state index in [2.05, 4.69) is 59.2 Å². The van der Waals surface area contributed by atoms with Gasteiger partial charge in [-0.2, -0.15) is 4.72 Å². The molecule has 0 aliphatic rings. The Labute approximate surface area is 247 Å². The van der Waals surface area contributed by atoms with Gasteiger partial charge in [-0.25, -0.2) is 8.42 Å². The third kappa shape index (κ3) is 6.96. The SMILES string of the molecule is CC#CCOc1ccc(S(=O)(=O)N[C@@H](Cc2c(C)n(Cc3ccc(C(C)C)cc3)c3ccc(OC)cc23)C(=O)O)cc1. The van der Waals surface area contributed by atoms with Gasteiger partial charge in [0.15, 0.2) is 0 Å². The minimum atomic E-state index is -4.14. The average Bonchev–Trinajstić information content (AvgIpc) is 3.22. The van der Waals surface area contributed by atoms with Crippen LogP contribution in [0.3, 0.4) is 0 Å². The molecular weight excluding hydrogens is 552 g/mol. The number of aliphatic carboxylic acids is 1. The molecule has 0 spiro atoms. The van der Waals surface area contributed by atoms with E-state index in [0.717, 1.165) is 27.7 Å². The van der Waals surface area contributed by atoms with Gasteiger partial charge in [0.05, 0.1) is 12.0 Å². The van der Waals surface area contributed by atoms with Crippen molar-refractivity contribution in [2.24, 2.45) is 0 Å². The van der Waals surface area contributed by atoms with Crippen molar-refractivity contribution in [2.45, 2.75) is 57.5 Å². The van der Waals surface area contributed by atoms with Crippen LogP contribution in [0.5, 0.6) is 11.5 Å². The van der Waals surface area contributed by atoms with Gasteiger partial charge in [-0.05, 0) is 78.9 Å². The van der Waals surface area contributed by atoms with Crippen LogP contribution in [0.25, 0.3) is 10.9 Å². The van der Waals surface area contributed by atoms with E-state index < -0.39 is 22.0 Å². The van der Waals surface area contributed by atoms with Gasteiger partial charge in [-0.15, -0.1) is 5.92 Å². The molecule has 42 heavy (non-hydrogen) atoms. The topological polar surface area (TPSA) is 107 Å². The Kier molecular flexibility index (Phi) is 9.61. The van der Waals surface area contributed by atoms with Crippen molar-refractivity contribution in [2.75, 3.05) is 13.7 Å². The fourth-order valence-corrected chi connectivity index (χ4v) is 6.04. The van der Waals surface area contributed by atoms with E-state index >= 15 is 0 Å². The van der Waals surface area contributed by atoms with Crippen molar-refractivity contribution >= 4 is 26.9 Å². The van der Waals surface area contributed by atoms with Gasteiger partial charge in [0.1, 0.15) is 24.1 Å². The van der Waals surface area contributed by atoms with E-state index in [1.54, 1.807) is 14.0 Å². The van der Waals surface area contributed by atoms with E-state index in [0.29, 0.717) is 24.0 Å². The molecule has 8 nitrogen and oxygen atoms in total. The molecule has 0 fully saturated rings. The van der Waals surface area contributed by atoms with E-state index in [1.165, 1.54) is 29.8 Å². The van der Waals surface area contributed by atoms with Crippen LogP contribution >= 0.6 is 0 Å². The summed E-state index contributed by atoms with van der Waals surface area (Å²) in [4.78, 5) is 12.3. The fourth-order valence-electron chi connectivity index (χ4n) is 4.86. The third-order valence-corrected chi connectivity index (χ3v) is 8.76. The first-order valence-corrected chi connectivity index (χ1v) is 15.1. The Bertz CT molecular complexity index is 1730. The van der Waals surface area contributed by atoms with Crippen molar-refractivity contribution in [3.63, 3.8) is 0 Å². The number of carboxylic acids is 1. The number of carbonyl (C=O) groups is 1. The summed E-state index contributed by atoms with van der Waals surface area (Å²) in [5.74, 6) is 5.73. The molecule has 0 amide bonds. The first-order chi connectivity index (χ1) is 20.0. The van der Waals surface area contributed by atoms with Crippen LogP contribution in [0.2, 0.25) is 0 Å². The minimum absolute atomic E-state index is 0.0553. The molecule has 0 unspecified atom stereocenters. The van der Waals surface area contributed by atoms with Gasteiger partial charge < -0.3 is 19.1 Å². The lowest BCUT2D eigenvalue weighted by molar-refractivity contribution is -0.138. The maximum absolute atomic E-state index is 13.2. The number of benzene rings is 3. The van der Waals surface area contributed by atoms with E-state index in [1.807, 2.05) is 25.1 Å². The quantitative estimate of drug-likeness (QED) is 0.212. The Morgan fingerprint density at radius 2 is 1.69 bits per heavy atom. The van der Waals surface area contributed by atoms with Crippen molar-refractivity contribution in [1.29, 1.82) is 0 Å². The number of nitrogens with zero attached hydrogens (tertiary/aromatic N) is 1. The molecule has 9 heteroatoms. The van der Waals surface area contributed by atoms with E-state index in [9.17, 15) is 18.3 Å². The van der Waals surface area contributed by atoms with Crippen LogP contribution in [0.4, 0.5) is 0 Å². The van der Waals surface area contributed by atoms with Gasteiger partial charge in [0.2, 0.25) is 10.0 Å². The minimum Gasteiger partial charge on any atom is -0.497 e. The molecule has 0 saturated heterocycles. The molecule has 0 aliphatic heterocycles. The summed E-state index contributed by atoms with van der Waals surface area (Å²) in [6.07, 6.45) is -0.0553. The zero-order valence-corrected chi connectivity index (χ0v) is 25.3. The molecule has 0 saturated carbocycles. The number of fused-ring (bicyclic) bond motifs is 1. The summed E-state index contributed by atoms with van der Waals surface area (Å²) in [5, 5.41) is 10.9. The smallest absolute Gasteiger partial charge is 0.322 e. The molecule has 1 heterocycles. The van der Waals surface area contributed by atoms with Crippen molar-refractivity contribution in [3.05, 3.63) is 89.1 Å². The Morgan fingerprint density at radius 3 is 2.29 bits per heavy atom. The van der Waals surface area contributed by atoms with E-state index in [-0.39, 0.29) is 17.9 Å².